The number of anilines is 2. The number of nitro benzene ring substituents is 1. The van der Waals surface area contributed by atoms with E-state index >= 15 is 0 Å². The van der Waals surface area contributed by atoms with Crippen LogP contribution in [0.5, 0.6) is 5.75 Å². The van der Waals surface area contributed by atoms with E-state index in [4.69, 9.17) is 4.74 Å². The van der Waals surface area contributed by atoms with Crippen LogP contribution in [0, 0.1) is 15.9 Å². The SMILES string of the molecule is COc1cc(NC(=O)c2cnn3c2N[C@H](c2ccc(F)cc2)C[C@H]3C(F)(F)F)cc([N+](=O)[O-])c1. The van der Waals surface area contributed by atoms with Crippen molar-refractivity contribution in [1.29, 1.82) is 0 Å². The summed E-state index contributed by atoms with van der Waals surface area (Å²) in [6, 6.07) is 5.66. The Hall–Kier alpha value is -4.16. The van der Waals surface area contributed by atoms with Gasteiger partial charge in [-0.05, 0) is 17.7 Å². The number of hydrogen-bond donors (Lipinski definition) is 2. The number of amides is 1. The molecule has 1 aromatic heterocycles. The molecule has 2 aromatic carbocycles. The van der Waals surface area contributed by atoms with Crippen molar-refractivity contribution >= 4 is 23.1 Å². The van der Waals surface area contributed by atoms with Gasteiger partial charge < -0.3 is 15.4 Å². The molecule has 9 nitrogen and oxygen atoms in total. The standard InChI is InChI=1S/C21H17F4N5O4/c1-34-15-7-13(6-14(8-15)30(32)33)27-20(31)16-10-26-29-18(21(23,24)25)9-17(28-19(16)29)11-2-4-12(22)5-3-11/h2-8,10,17-18,28H,9H2,1H3,(H,27,31)/t17-,18-/m0/s1. The number of nitrogens with one attached hydrogen (secondary N) is 2. The molecule has 0 saturated carbocycles. The van der Waals surface area contributed by atoms with Crippen LogP contribution < -0.4 is 15.4 Å². The zero-order valence-electron chi connectivity index (χ0n) is 17.5. The van der Waals surface area contributed by atoms with Gasteiger partial charge in [0.2, 0.25) is 0 Å². The number of carbonyl (C=O) groups excluding carboxylic acids is 1. The van der Waals surface area contributed by atoms with Gasteiger partial charge in [0, 0.05) is 18.6 Å². The van der Waals surface area contributed by atoms with Crippen molar-refractivity contribution in [1.82, 2.24) is 9.78 Å². The van der Waals surface area contributed by atoms with Crippen LogP contribution in [0.2, 0.25) is 0 Å². The number of fused-ring (bicyclic) bond motifs is 1. The molecule has 0 aliphatic carbocycles. The van der Waals surface area contributed by atoms with Crippen molar-refractivity contribution in [3.63, 3.8) is 0 Å². The minimum atomic E-state index is -4.66. The van der Waals surface area contributed by atoms with Gasteiger partial charge in [0.1, 0.15) is 22.9 Å². The van der Waals surface area contributed by atoms with Crippen LogP contribution in [0.3, 0.4) is 0 Å². The minimum Gasteiger partial charge on any atom is -0.496 e. The fourth-order valence-corrected chi connectivity index (χ4v) is 3.72. The van der Waals surface area contributed by atoms with Crippen LogP contribution in [-0.2, 0) is 0 Å². The van der Waals surface area contributed by atoms with Crippen LogP contribution >= 0.6 is 0 Å². The average molecular weight is 479 g/mol. The van der Waals surface area contributed by atoms with E-state index < -0.39 is 41.3 Å². The molecule has 2 N–H and O–H groups in total. The lowest BCUT2D eigenvalue weighted by atomic mass is 9.96. The Morgan fingerprint density at radius 2 is 1.97 bits per heavy atom. The number of methoxy groups -OCH3 is 1. The Morgan fingerprint density at radius 1 is 1.26 bits per heavy atom. The highest BCUT2D eigenvalue weighted by atomic mass is 19.4. The summed E-state index contributed by atoms with van der Waals surface area (Å²) >= 11 is 0. The number of carbonyl (C=O) groups is 1. The van der Waals surface area contributed by atoms with Gasteiger partial charge in [0.15, 0.2) is 6.04 Å². The summed E-state index contributed by atoms with van der Waals surface area (Å²) in [7, 11) is 1.29. The quantitative estimate of drug-likeness (QED) is 0.307. The molecule has 13 heteroatoms. The maximum absolute atomic E-state index is 13.8. The van der Waals surface area contributed by atoms with Crippen molar-refractivity contribution < 1.29 is 32.0 Å². The van der Waals surface area contributed by atoms with Crippen LogP contribution in [0.4, 0.5) is 34.8 Å². The number of ether oxygens (including phenoxy) is 1. The van der Waals surface area contributed by atoms with Gasteiger partial charge in [-0.15, -0.1) is 0 Å². The lowest BCUT2D eigenvalue weighted by Gasteiger charge is -2.34. The summed E-state index contributed by atoms with van der Waals surface area (Å²) in [5.41, 5.74) is -0.142. The smallest absolute Gasteiger partial charge is 0.410 e. The molecule has 1 aliphatic heterocycles. The Bertz CT molecular complexity index is 1240. The molecule has 1 amide bonds. The fraction of sp³-hybridized carbons (Fsp3) is 0.238. The predicted octanol–water partition coefficient (Wildman–Crippen LogP) is 4.85. The summed E-state index contributed by atoms with van der Waals surface area (Å²) < 4.78 is 60.4. The van der Waals surface area contributed by atoms with Gasteiger partial charge in [0.25, 0.3) is 11.6 Å². The third kappa shape index (κ3) is 4.49. The van der Waals surface area contributed by atoms with Gasteiger partial charge in [-0.2, -0.15) is 18.3 Å². The topological polar surface area (TPSA) is 111 Å². The van der Waals surface area contributed by atoms with Crippen molar-refractivity contribution in [2.24, 2.45) is 0 Å². The molecule has 178 valence electrons. The second-order valence-corrected chi connectivity index (χ2v) is 7.52. The number of aromatic nitrogens is 2. The highest BCUT2D eigenvalue weighted by molar-refractivity contribution is 6.07. The van der Waals surface area contributed by atoms with E-state index in [2.05, 4.69) is 15.7 Å². The van der Waals surface area contributed by atoms with Crippen LogP contribution in [0.1, 0.15) is 34.4 Å². The molecule has 2 atom stereocenters. The number of nitro groups is 1. The highest BCUT2D eigenvalue weighted by Gasteiger charge is 2.47. The first kappa shape index (κ1) is 23.0. The molecule has 3 aromatic rings. The molecule has 0 spiro atoms. The maximum Gasteiger partial charge on any atom is 0.410 e. The number of non-ortho nitro benzene ring substituents is 1. The second-order valence-electron chi connectivity index (χ2n) is 7.52. The number of nitrogens with zero attached hydrogens (tertiary/aromatic N) is 3. The predicted molar refractivity (Wildman–Crippen MR) is 112 cm³/mol. The first-order valence-corrected chi connectivity index (χ1v) is 9.88. The first-order chi connectivity index (χ1) is 16.1. The summed E-state index contributed by atoms with van der Waals surface area (Å²) in [6.45, 7) is 0. The highest BCUT2D eigenvalue weighted by Crippen LogP contribution is 2.44. The third-order valence-electron chi connectivity index (χ3n) is 5.35. The van der Waals surface area contributed by atoms with E-state index in [1.54, 1.807) is 0 Å². The largest absolute Gasteiger partial charge is 0.496 e. The number of halogens is 4. The van der Waals surface area contributed by atoms with Gasteiger partial charge >= 0.3 is 6.18 Å². The number of hydrogen-bond acceptors (Lipinski definition) is 6. The molecule has 4 rings (SSSR count). The molecular formula is C21H17F4N5O4. The average Bonchev–Trinajstić information content (AvgIpc) is 3.22. The lowest BCUT2D eigenvalue weighted by molar-refractivity contribution is -0.384. The summed E-state index contributed by atoms with van der Waals surface area (Å²) in [5, 5.41) is 20.2. The van der Waals surface area contributed by atoms with E-state index in [-0.39, 0.29) is 28.5 Å². The molecule has 1 aliphatic rings. The first-order valence-electron chi connectivity index (χ1n) is 9.88. The van der Waals surface area contributed by atoms with Crippen molar-refractivity contribution in [3.8, 4) is 5.75 Å². The molecule has 0 bridgehead atoms. The molecular weight excluding hydrogens is 462 g/mol. The Balaban J connectivity index is 1.69. The zero-order valence-corrected chi connectivity index (χ0v) is 17.5. The molecule has 0 saturated heterocycles. The van der Waals surface area contributed by atoms with Crippen LogP contribution in [-0.4, -0.2) is 33.9 Å². The second kappa shape index (κ2) is 8.65. The molecule has 0 unspecified atom stereocenters. The van der Waals surface area contributed by atoms with E-state index in [0.717, 1.165) is 30.5 Å². The third-order valence-corrected chi connectivity index (χ3v) is 5.35. The zero-order chi connectivity index (χ0) is 24.6. The Kier molecular flexibility index (Phi) is 5.85. The summed E-state index contributed by atoms with van der Waals surface area (Å²) in [6.07, 6.45) is -4.10. The molecule has 34 heavy (non-hydrogen) atoms. The number of benzene rings is 2. The summed E-state index contributed by atoms with van der Waals surface area (Å²) in [4.78, 5) is 23.4. The van der Waals surface area contributed by atoms with Crippen LogP contribution in [0.15, 0.2) is 48.7 Å². The van der Waals surface area contributed by atoms with E-state index in [0.29, 0.717) is 10.2 Å². The van der Waals surface area contributed by atoms with Crippen molar-refractivity contribution in [2.45, 2.75) is 24.7 Å². The van der Waals surface area contributed by atoms with Crippen LogP contribution in [0.25, 0.3) is 0 Å². The van der Waals surface area contributed by atoms with Gasteiger partial charge in [0.05, 0.1) is 36.0 Å². The Labute approximate surface area is 189 Å². The van der Waals surface area contributed by atoms with E-state index in [9.17, 15) is 32.5 Å². The molecule has 2 heterocycles. The van der Waals surface area contributed by atoms with Gasteiger partial charge in [-0.25, -0.2) is 9.07 Å². The van der Waals surface area contributed by atoms with Gasteiger partial charge in [-0.1, -0.05) is 12.1 Å². The monoisotopic (exact) mass is 479 g/mol. The molecule has 0 fully saturated rings. The van der Waals surface area contributed by atoms with Gasteiger partial charge in [-0.3, -0.25) is 14.9 Å². The number of alkyl halides is 3. The van der Waals surface area contributed by atoms with E-state index in [1.165, 1.54) is 25.3 Å². The minimum absolute atomic E-state index is 0.00858. The number of rotatable bonds is 5. The summed E-state index contributed by atoms with van der Waals surface area (Å²) in [5.74, 6) is -1.45. The van der Waals surface area contributed by atoms with Crippen molar-refractivity contribution in [3.05, 3.63) is 75.7 Å². The van der Waals surface area contributed by atoms with E-state index in [1.807, 2.05) is 0 Å². The molecule has 0 radical (unpaired) electrons. The maximum atomic E-state index is 13.8. The van der Waals surface area contributed by atoms with Crippen molar-refractivity contribution in [2.75, 3.05) is 17.7 Å². The Morgan fingerprint density at radius 3 is 2.59 bits per heavy atom. The normalized spacial score (nSPS) is 17.4. The fourth-order valence-electron chi connectivity index (χ4n) is 3.72. The lowest BCUT2D eigenvalue weighted by Crippen LogP contribution is -2.36.